The van der Waals surface area contributed by atoms with E-state index in [0.29, 0.717) is 24.6 Å². The van der Waals surface area contributed by atoms with Crippen LogP contribution in [0.5, 0.6) is 0 Å². The zero-order chi connectivity index (χ0) is 17.2. The molecule has 1 aromatic rings. The Balaban J connectivity index is 1.62. The van der Waals surface area contributed by atoms with Crippen molar-refractivity contribution in [1.29, 1.82) is 0 Å². The Morgan fingerprint density at radius 1 is 1.29 bits per heavy atom. The normalized spacial score (nSPS) is 28.8. The predicted octanol–water partition coefficient (Wildman–Crippen LogP) is 1.58. The summed E-state index contributed by atoms with van der Waals surface area (Å²) in [5, 5.41) is 13.2. The number of aromatic nitrogens is 2. The third-order valence-corrected chi connectivity index (χ3v) is 5.63. The van der Waals surface area contributed by atoms with Gasteiger partial charge in [-0.1, -0.05) is 0 Å². The van der Waals surface area contributed by atoms with E-state index in [-0.39, 0.29) is 5.41 Å². The molecule has 6 nitrogen and oxygen atoms in total. The number of nitrogens with one attached hydrogen (secondary N) is 1. The third kappa shape index (κ3) is 3.71. The molecule has 0 amide bonds. The minimum Gasteiger partial charge on any atom is -0.396 e. The second kappa shape index (κ2) is 7.33. The maximum Gasteiger partial charge on any atom is 0.222 e. The molecule has 0 bridgehead atoms. The molecule has 0 radical (unpaired) electrons. The molecule has 2 saturated heterocycles. The highest BCUT2D eigenvalue weighted by atomic mass is 16.3. The third-order valence-electron chi connectivity index (χ3n) is 5.63. The molecule has 2 fully saturated rings. The molecule has 0 saturated carbocycles. The van der Waals surface area contributed by atoms with Gasteiger partial charge in [-0.3, -0.25) is 4.90 Å². The van der Waals surface area contributed by atoms with Crippen molar-refractivity contribution in [1.82, 2.24) is 19.8 Å². The number of piperidine rings is 2. The van der Waals surface area contributed by atoms with Gasteiger partial charge in [0.25, 0.3) is 0 Å². The van der Waals surface area contributed by atoms with Gasteiger partial charge in [0.2, 0.25) is 5.95 Å². The maximum atomic E-state index is 10.0. The molecule has 2 aliphatic rings. The van der Waals surface area contributed by atoms with Crippen molar-refractivity contribution in [3.05, 3.63) is 18.0 Å². The average molecular weight is 333 g/mol. The number of rotatable bonds is 5. The van der Waals surface area contributed by atoms with Gasteiger partial charge in [0, 0.05) is 48.5 Å². The van der Waals surface area contributed by atoms with Crippen molar-refractivity contribution in [3.63, 3.8) is 0 Å². The standard InChI is InChI=1S/C18H31N5O/c1-14(2)21-17-19-9-15(10-20-17)11-23-8-6-18(13-24)5-4-7-22(3)16(18)12-23/h9-10,14,16,24H,4-8,11-13H2,1-3H3,(H,19,20,21)/t16-,18-/m1/s1. The number of likely N-dealkylation sites (N-methyl/N-ethyl adjacent to an activating group) is 1. The number of fused-ring (bicyclic) bond motifs is 1. The number of hydrogen-bond donors (Lipinski definition) is 2. The number of aliphatic hydroxyl groups excluding tert-OH is 1. The van der Waals surface area contributed by atoms with E-state index in [9.17, 15) is 5.11 Å². The van der Waals surface area contributed by atoms with E-state index in [1.165, 1.54) is 6.42 Å². The van der Waals surface area contributed by atoms with Gasteiger partial charge in [-0.2, -0.15) is 0 Å². The Morgan fingerprint density at radius 2 is 2.04 bits per heavy atom. The van der Waals surface area contributed by atoms with E-state index >= 15 is 0 Å². The van der Waals surface area contributed by atoms with Crippen LogP contribution in [-0.2, 0) is 6.54 Å². The summed E-state index contributed by atoms with van der Waals surface area (Å²) in [5.74, 6) is 0.693. The van der Waals surface area contributed by atoms with Gasteiger partial charge in [0.15, 0.2) is 0 Å². The Kier molecular flexibility index (Phi) is 5.37. The van der Waals surface area contributed by atoms with Crippen LogP contribution in [-0.4, -0.2) is 70.2 Å². The maximum absolute atomic E-state index is 10.0. The first-order valence-corrected chi connectivity index (χ1v) is 9.13. The van der Waals surface area contributed by atoms with Crippen molar-refractivity contribution in [3.8, 4) is 0 Å². The predicted molar refractivity (Wildman–Crippen MR) is 95.9 cm³/mol. The van der Waals surface area contributed by atoms with Gasteiger partial charge >= 0.3 is 0 Å². The highest BCUT2D eigenvalue weighted by Gasteiger charge is 2.46. The smallest absolute Gasteiger partial charge is 0.222 e. The van der Waals surface area contributed by atoms with Crippen LogP contribution in [0.3, 0.4) is 0 Å². The Morgan fingerprint density at radius 3 is 2.71 bits per heavy atom. The Bertz CT molecular complexity index is 535. The summed E-state index contributed by atoms with van der Waals surface area (Å²) in [6.45, 7) is 8.55. The second-order valence-corrected chi connectivity index (χ2v) is 7.82. The molecule has 24 heavy (non-hydrogen) atoms. The number of aliphatic hydroxyl groups is 1. The van der Waals surface area contributed by atoms with Crippen LogP contribution < -0.4 is 5.32 Å². The molecule has 0 unspecified atom stereocenters. The molecule has 0 aromatic carbocycles. The zero-order valence-electron chi connectivity index (χ0n) is 15.2. The number of anilines is 1. The monoisotopic (exact) mass is 333 g/mol. The lowest BCUT2D eigenvalue weighted by molar-refractivity contribution is -0.0684. The lowest BCUT2D eigenvalue weighted by Gasteiger charge is -2.53. The van der Waals surface area contributed by atoms with Gasteiger partial charge in [-0.25, -0.2) is 9.97 Å². The quantitative estimate of drug-likeness (QED) is 0.853. The first-order chi connectivity index (χ1) is 11.5. The van der Waals surface area contributed by atoms with Crippen LogP contribution in [0.15, 0.2) is 12.4 Å². The summed E-state index contributed by atoms with van der Waals surface area (Å²) in [5.41, 5.74) is 1.25. The first kappa shape index (κ1) is 17.6. The summed E-state index contributed by atoms with van der Waals surface area (Å²) < 4.78 is 0. The van der Waals surface area contributed by atoms with Crippen LogP contribution in [0.1, 0.15) is 38.7 Å². The average Bonchev–Trinajstić information content (AvgIpc) is 2.57. The zero-order valence-corrected chi connectivity index (χ0v) is 15.2. The van der Waals surface area contributed by atoms with Crippen LogP contribution in [0.25, 0.3) is 0 Å². The molecule has 134 valence electrons. The minimum absolute atomic E-state index is 0.102. The SMILES string of the molecule is CC(C)Nc1ncc(CN2CC[C@@]3(CO)CCCN(C)[C@@H]3C2)cn1. The molecular formula is C18H31N5O. The van der Waals surface area contributed by atoms with Gasteiger partial charge < -0.3 is 15.3 Å². The summed E-state index contributed by atoms with van der Waals surface area (Å²) in [6, 6.07) is 0.791. The van der Waals surface area contributed by atoms with E-state index in [1.807, 2.05) is 12.4 Å². The van der Waals surface area contributed by atoms with E-state index in [0.717, 1.165) is 44.6 Å². The molecule has 3 heterocycles. The number of likely N-dealkylation sites (tertiary alicyclic amines) is 2. The fraction of sp³-hybridized carbons (Fsp3) is 0.778. The molecule has 3 rings (SSSR count). The first-order valence-electron chi connectivity index (χ1n) is 9.13. The van der Waals surface area contributed by atoms with E-state index in [2.05, 4.69) is 46.0 Å². The lowest BCUT2D eigenvalue weighted by Crippen LogP contribution is -2.61. The molecule has 1 aromatic heterocycles. The van der Waals surface area contributed by atoms with Crippen LogP contribution in [0.2, 0.25) is 0 Å². The molecule has 2 atom stereocenters. The molecule has 2 N–H and O–H groups in total. The van der Waals surface area contributed by atoms with E-state index in [4.69, 9.17) is 0 Å². The Labute approximate surface area is 145 Å². The fourth-order valence-corrected chi connectivity index (χ4v) is 4.25. The summed E-state index contributed by atoms with van der Waals surface area (Å²) >= 11 is 0. The summed E-state index contributed by atoms with van der Waals surface area (Å²) in [7, 11) is 2.20. The summed E-state index contributed by atoms with van der Waals surface area (Å²) in [4.78, 5) is 13.7. The molecular weight excluding hydrogens is 302 g/mol. The number of nitrogens with zero attached hydrogens (tertiary/aromatic N) is 4. The highest BCUT2D eigenvalue weighted by Crippen LogP contribution is 2.41. The lowest BCUT2D eigenvalue weighted by atomic mass is 9.69. The van der Waals surface area contributed by atoms with E-state index in [1.54, 1.807) is 0 Å². The molecule has 2 aliphatic heterocycles. The second-order valence-electron chi connectivity index (χ2n) is 7.82. The van der Waals surface area contributed by atoms with Gasteiger partial charge in [-0.15, -0.1) is 0 Å². The highest BCUT2D eigenvalue weighted by molar-refractivity contribution is 5.25. The van der Waals surface area contributed by atoms with Crippen LogP contribution in [0, 0.1) is 5.41 Å². The molecule has 6 heteroatoms. The summed E-state index contributed by atoms with van der Waals surface area (Å²) in [6.07, 6.45) is 7.29. The van der Waals surface area contributed by atoms with Crippen LogP contribution >= 0.6 is 0 Å². The van der Waals surface area contributed by atoms with Crippen LogP contribution in [0.4, 0.5) is 5.95 Å². The van der Waals surface area contributed by atoms with E-state index < -0.39 is 0 Å². The van der Waals surface area contributed by atoms with Gasteiger partial charge in [0.1, 0.15) is 0 Å². The van der Waals surface area contributed by atoms with Gasteiger partial charge in [0.05, 0.1) is 6.61 Å². The van der Waals surface area contributed by atoms with Crippen molar-refractivity contribution in [2.24, 2.45) is 5.41 Å². The molecule has 0 spiro atoms. The van der Waals surface area contributed by atoms with Crippen molar-refractivity contribution < 1.29 is 5.11 Å². The Hall–Kier alpha value is -1.24. The fourth-order valence-electron chi connectivity index (χ4n) is 4.25. The number of hydrogen-bond acceptors (Lipinski definition) is 6. The van der Waals surface area contributed by atoms with Crippen molar-refractivity contribution in [2.45, 2.75) is 51.7 Å². The van der Waals surface area contributed by atoms with Crippen molar-refractivity contribution >= 4 is 5.95 Å². The van der Waals surface area contributed by atoms with Gasteiger partial charge in [-0.05, 0) is 53.2 Å². The largest absolute Gasteiger partial charge is 0.396 e. The van der Waals surface area contributed by atoms with Crippen molar-refractivity contribution in [2.75, 3.05) is 38.6 Å². The minimum atomic E-state index is 0.102. The molecule has 0 aliphatic carbocycles. The topological polar surface area (TPSA) is 64.5 Å².